The van der Waals surface area contributed by atoms with Crippen LogP contribution in [0.3, 0.4) is 0 Å². The molecule has 2 fully saturated rings. The van der Waals surface area contributed by atoms with Crippen LogP contribution in [0.15, 0.2) is 30.3 Å². The fourth-order valence-corrected chi connectivity index (χ4v) is 4.19. The number of ether oxygens (including phenoxy) is 1. The van der Waals surface area contributed by atoms with Crippen molar-refractivity contribution in [1.82, 2.24) is 9.80 Å². The van der Waals surface area contributed by atoms with Crippen LogP contribution < -0.4 is 0 Å². The zero-order chi connectivity index (χ0) is 16.4. The molecule has 0 radical (unpaired) electrons. The van der Waals surface area contributed by atoms with Crippen molar-refractivity contribution in [3.63, 3.8) is 0 Å². The molecule has 2 aliphatic heterocycles. The smallest absolute Gasteiger partial charge is 0.233 e. The minimum atomic E-state index is -0.402. The standard InChI is InChI=1S/C19H28N2O2/c1-15-13-21(14-17(15)20(2)3)18(22)19(9-11-23-12-10-19)16-7-5-4-6-8-16/h4-8,15,17H,9-14H2,1-3H3. The molecule has 0 spiro atoms. The van der Waals surface area contributed by atoms with E-state index >= 15 is 0 Å². The minimum absolute atomic E-state index is 0.295. The summed E-state index contributed by atoms with van der Waals surface area (Å²) in [6.45, 7) is 5.28. The lowest BCUT2D eigenvalue weighted by atomic mass is 9.73. The molecule has 2 saturated heterocycles. The highest BCUT2D eigenvalue weighted by Gasteiger charge is 2.46. The maximum atomic E-state index is 13.5. The monoisotopic (exact) mass is 316 g/mol. The normalized spacial score (nSPS) is 27.4. The van der Waals surface area contributed by atoms with Crippen LogP contribution in [0, 0.1) is 5.92 Å². The average molecular weight is 316 g/mol. The Balaban J connectivity index is 1.88. The maximum absolute atomic E-state index is 13.5. The van der Waals surface area contributed by atoms with E-state index < -0.39 is 5.41 Å². The summed E-state index contributed by atoms with van der Waals surface area (Å²) in [6.07, 6.45) is 1.57. The number of amides is 1. The third-order valence-corrected chi connectivity index (χ3v) is 5.61. The Morgan fingerprint density at radius 3 is 2.39 bits per heavy atom. The molecular formula is C19H28N2O2. The summed E-state index contributed by atoms with van der Waals surface area (Å²) < 4.78 is 5.56. The number of hydrogen-bond donors (Lipinski definition) is 0. The molecule has 1 aromatic rings. The van der Waals surface area contributed by atoms with Crippen molar-refractivity contribution in [2.45, 2.75) is 31.2 Å². The van der Waals surface area contributed by atoms with Crippen LogP contribution in [0.2, 0.25) is 0 Å². The van der Waals surface area contributed by atoms with Crippen molar-refractivity contribution < 1.29 is 9.53 Å². The van der Waals surface area contributed by atoms with Gasteiger partial charge in [0, 0.05) is 32.3 Å². The second-order valence-corrected chi connectivity index (χ2v) is 7.28. The van der Waals surface area contributed by atoms with E-state index in [0.717, 1.165) is 31.5 Å². The van der Waals surface area contributed by atoms with Gasteiger partial charge in [-0.15, -0.1) is 0 Å². The zero-order valence-electron chi connectivity index (χ0n) is 14.5. The van der Waals surface area contributed by atoms with Crippen LogP contribution in [-0.4, -0.2) is 62.1 Å². The van der Waals surface area contributed by atoms with Crippen molar-refractivity contribution in [1.29, 1.82) is 0 Å². The summed E-state index contributed by atoms with van der Waals surface area (Å²) in [7, 11) is 4.22. The number of carbonyl (C=O) groups is 1. The first kappa shape index (κ1) is 16.5. The Morgan fingerprint density at radius 2 is 1.83 bits per heavy atom. The number of likely N-dealkylation sites (N-methyl/N-ethyl adjacent to an activating group) is 1. The number of benzene rings is 1. The molecule has 0 aromatic heterocycles. The molecule has 2 atom stereocenters. The number of carbonyl (C=O) groups excluding carboxylic acids is 1. The van der Waals surface area contributed by atoms with Gasteiger partial charge in [-0.3, -0.25) is 4.79 Å². The van der Waals surface area contributed by atoms with E-state index in [2.05, 4.69) is 43.0 Å². The first-order valence-electron chi connectivity index (χ1n) is 8.64. The van der Waals surface area contributed by atoms with Gasteiger partial charge in [0.2, 0.25) is 5.91 Å². The number of likely N-dealkylation sites (tertiary alicyclic amines) is 1. The van der Waals surface area contributed by atoms with E-state index in [1.165, 1.54) is 0 Å². The van der Waals surface area contributed by atoms with E-state index in [4.69, 9.17) is 4.74 Å². The summed E-state index contributed by atoms with van der Waals surface area (Å²) in [5.74, 6) is 0.810. The zero-order valence-corrected chi connectivity index (χ0v) is 14.5. The molecule has 2 heterocycles. The summed E-state index contributed by atoms with van der Waals surface area (Å²) in [4.78, 5) is 17.8. The Hall–Kier alpha value is -1.39. The Labute approximate surface area is 139 Å². The fourth-order valence-electron chi connectivity index (χ4n) is 4.19. The largest absolute Gasteiger partial charge is 0.381 e. The highest BCUT2D eigenvalue weighted by atomic mass is 16.5. The molecular weight excluding hydrogens is 288 g/mol. The van der Waals surface area contributed by atoms with Crippen molar-refractivity contribution in [3.05, 3.63) is 35.9 Å². The molecule has 0 bridgehead atoms. The molecule has 0 saturated carbocycles. The van der Waals surface area contributed by atoms with Crippen molar-refractivity contribution >= 4 is 5.91 Å². The maximum Gasteiger partial charge on any atom is 0.233 e. The van der Waals surface area contributed by atoms with E-state index in [-0.39, 0.29) is 0 Å². The fraction of sp³-hybridized carbons (Fsp3) is 0.632. The van der Waals surface area contributed by atoms with Gasteiger partial charge in [-0.2, -0.15) is 0 Å². The molecule has 0 aliphatic carbocycles. The van der Waals surface area contributed by atoms with Gasteiger partial charge in [0.15, 0.2) is 0 Å². The summed E-state index contributed by atoms with van der Waals surface area (Å²) >= 11 is 0. The Morgan fingerprint density at radius 1 is 1.17 bits per heavy atom. The first-order valence-corrected chi connectivity index (χ1v) is 8.64. The SMILES string of the molecule is CC1CN(C(=O)C2(c3ccccc3)CCOCC2)CC1N(C)C. The molecule has 2 unspecified atom stereocenters. The van der Waals surface area contributed by atoms with Gasteiger partial charge < -0.3 is 14.5 Å². The van der Waals surface area contributed by atoms with Gasteiger partial charge in [-0.1, -0.05) is 37.3 Å². The third-order valence-electron chi connectivity index (χ3n) is 5.61. The van der Waals surface area contributed by atoms with Gasteiger partial charge in [0.05, 0.1) is 5.41 Å². The van der Waals surface area contributed by atoms with Crippen molar-refractivity contribution in [3.8, 4) is 0 Å². The molecule has 4 nitrogen and oxygen atoms in total. The predicted octanol–water partition coefficient (Wildman–Crippen LogP) is 2.14. The molecule has 23 heavy (non-hydrogen) atoms. The van der Waals surface area contributed by atoms with Gasteiger partial charge in [0.25, 0.3) is 0 Å². The predicted molar refractivity (Wildman–Crippen MR) is 91.4 cm³/mol. The third kappa shape index (κ3) is 3.02. The summed E-state index contributed by atoms with van der Waals surface area (Å²) in [5, 5.41) is 0. The molecule has 3 rings (SSSR count). The van der Waals surface area contributed by atoms with Crippen molar-refractivity contribution in [2.24, 2.45) is 5.92 Å². The topological polar surface area (TPSA) is 32.8 Å². The minimum Gasteiger partial charge on any atom is -0.381 e. The lowest BCUT2D eigenvalue weighted by molar-refractivity contribution is -0.140. The van der Waals surface area contributed by atoms with Crippen LogP contribution in [0.4, 0.5) is 0 Å². The molecule has 0 N–H and O–H groups in total. The number of nitrogens with zero attached hydrogens (tertiary/aromatic N) is 2. The Bertz CT molecular complexity index is 538. The van der Waals surface area contributed by atoms with Gasteiger partial charge in [0.1, 0.15) is 0 Å². The molecule has 1 aromatic carbocycles. The van der Waals surface area contributed by atoms with Crippen LogP contribution >= 0.6 is 0 Å². The first-order chi connectivity index (χ1) is 11.0. The molecule has 2 aliphatic rings. The number of hydrogen-bond acceptors (Lipinski definition) is 3. The summed E-state index contributed by atoms with van der Waals surface area (Å²) in [6, 6.07) is 10.7. The lowest BCUT2D eigenvalue weighted by Gasteiger charge is -2.39. The molecule has 4 heteroatoms. The van der Waals surface area contributed by atoms with Crippen LogP contribution in [0.25, 0.3) is 0 Å². The van der Waals surface area contributed by atoms with Crippen LogP contribution in [-0.2, 0) is 14.9 Å². The average Bonchev–Trinajstić information content (AvgIpc) is 2.97. The molecule has 1 amide bonds. The van der Waals surface area contributed by atoms with Gasteiger partial charge in [-0.25, -0.2) is 0 Å². The second-order valence-electron chi connectivity index (χ2n) is 7.28. The van der Waals surface area contributed by atoms with Crippen LogP contribution in [0.5, 0.6) is 0 Å². The Kier molecular flexibility index (Phi) is 4.74. The summed E-state index contributed by atoms with van der Waals surface area (Å²) in [5.41, 5.74) is 0.745. The highest BCUT2D eigenvalue weighted by molar-refractivity contribution is 5.88. The highest BCUT2D eigenvalue weighted by Crippen LogP contribution is 2.38. The van der Waals surface area contributed by atoms with E-state index in [1.807, 2.05) is 18.2 Å². The lowest BCUT2D eigenvalue weighted by Crippen LogP contribution is -2.49. The molecule has 126 valence electrons. The number of rotatable bonds is 3. The van der Waals surface area contributed by atoms with E-state index in [0.29, 0.717) is 31.1 Å². The second kappa shape index (κ2) is 6.62. The van der Waals surface area contributed by atoms with Gasteiger partial charge in [-0.05, 0) is 38.4 Å². The van der Waals surface area contributed by atoms with E-state index in [1.54, 1.807) is 0 Å². The quantitative estimate of drug-likeness (QED) is 0.856. The van der Waals surface area contributed by atoms with Gasteiger partial charge >= 0.3 is 0 Å². The van der Waals surface area contributed by atoms with E-state index in [9.17, 15) is 4.79 Å². The van der Waals surface area contributed by atoms with Crippen LogP contribution in [0.1, 0.15) is 25.3 Å². The van der Waals surface area contributed by atoms with Crippen molar-refractivity contribution in [2.75, 3.05) is 40.4 Å².